The van der Waals surface area contributed by atoms with Crippen molar-refractivity contribution in [2.24, 2.45) is 0 Å². The average molecular weight is 374 g/mol. The van der Waals surface area contributed by atoms with E-state index in [1.807, 2.05) is 36.4 Å². The van der Waals surface area contributed by atoms with E-state index in [-0.39, 0.29) is 0 Å². The highest BCUT2D eigenvalue weighted by molar-refractivity contribution is 7.90. The highest BCUT2D eigenvalue weighted by atomic mass is 32.2. The van der Waals surface area contributed by atoms with Crippen LogP contribution in [0.4, 0.5) is 11.4 Å². The van der Waals surface area contributed by atoms with E-state index in [4.69, 9.17) is 5.73 Å². The van der Waals surface area contributed by atoms with E-state index in [1.54, 1.807) is 26.0 Å². The SMILES string of the molecule is CC/C=C(\c1ccccc1)c1ccc(N)c(NS(=O)(=O)N(CC)CC)c1. The number of allylic oxidation sites excluding steroid dienone is 1. The van der Waals surface area contributed by atoms with Crippen LogP contribution in [0.15, 0.2) is 54.6 Å². The van der Waals surface area contributed by atoms with Gasteiger partial charge >= 0.3 is 10.2 Å². The number of anilines is 2. The van der Waals surface area contributed by atoms with Crippen molar-refractivity contribution in [1.82, 2.24) is 4.31 Å². The monoisotopic (exact) mass is 373 g/mol. The molecule has 0 aliphatic carbocycles. The predicted octanol–water partition coefficient (Wildman–Crippen LogP) is 4.11. The molecular formula is C20H27N3O2S. The third kappa shape index (κ3) is 4.65. The molecule has 0 radical (unpaired) electrons. The highest BCUT2D eigenvalue weighted by Gasteiger charge is 2.20. The Morgan fingerprint density at radius 3 is 2.27 bits per heavy atom. The lowest BCUT2D eigenvalue weighted by molar-refractivity contribution is 0.449. The molecule has 0 saturated heterocycles. The zero-order valence-corrected chi connectivity index (χ0v) is 16.4. The minimum absolute atomic E-state index is 0.396. The molecule has 0 aliphatic heterocycles. The van der Waals surface area contributed by atoms with Gasteiger partial charge < -0.3 is 5.73 Å². The molecular weight excluding hydrogens is 346 g/mol. The Balaban J connectivity index is 2.45. The van der Waals surface area contributed by atoms with Crippen LogP contribution in [-0.4, -0.2) is 25.8 Å². The van der Waals surface area contributed by atoms with E-state index < -0.39 is 10.2 Å². The van der Waals surface area contributed by atoms with Gasteiger partial charge in [0, 0.05) is 13.1 Å². The normalized spacial score (nSPS) is 12.4. The second-order valence-electron chi connectivity index (χ2n) is 5.89. The Hall–Kier alpha value is -2.31. The fraction of sp³-hybridized carbons (Fsp3) is 0.300. The van der Waals surface area contributed by atoms with E-state index in [2.05, 4.69) is 17.7 Å². The summed E-state index contributed by atoms with van der Waals surface area (Å²) in [5, 5.41) is 0. The first-order valence-corrected chi connectivity index (χ1v) is 10.3. The van der Waals surface area contributed by atoms with Crippen LogP contribution in [0.5, 0.6) is 0 Å². The summed E-state index contributed by atoms with van der Waals surface area (Å²) in [6.45, 7) is 6.48. The maximum atomic E-state index is 12.5. The van der Waals surface area contributed by atoms with Gasteiger partial charge in [0.05, 0.1) is 11.4 Å². The van der Waals surface area contributed by atoms with Gasteiger partial charge in [-0.1, -0.05) is 63.2 Å². The van der Waals surface area contributed by atoms with Crippen molar-refractivity contribution in [2.75, 3.05) is 23.5 Å². The fourth-order valence-electron chi connectivity index (χ4n) is 2.80. The van der Waals surface area contributed by atoms with Crippen molar-refractivity contribution < 1.29 is 8.42 Å². The standard InChI is InChI=1S/C20H27N3O2S/c1-4-10-18(16-11-8-7-9-12-16)17-13-14-19(21)20(15-17)22-26(24,25)23(5-2)6-3/h7-15,22H,4-6,21H2,1-3H3/b18-10+. The first-order valence-electron chi connectivity index (χ1n) is 8.86. The lowest BCUT2D eigenvalue weighted by Gasteiger charge is -2.21. The van der Waals surface area contributed by atoms with E-state index in [9.17, 15) is 8.42 Å². The summed E-state index contributed by atoms with van der Waals surface area (Å²) in [5.74, 6) is 0. The maximum absolute atomic E-state index is 12.5. The number of benzene rings is 2. The number of hydrogen-bond donors (Lipinski definition) is 2. The molecule has 0 heterocycles. The molecule has 0 amide bonds. The smallest absolute Gasteiger partial charge is 0.301 e. The third-order valence-electron chi connectivity index (χ3n) is 4.14. The Morgan fingerprint density at radius 2 is 1.69 bits per heavy atom. The molecule has 0 saturated carbocycles. The van der Waals surface area contributed by atoms with E-state index in [1.165, 1.54) is 4.31 Å². The molecule has 0 aliphatic rings. The summed E-state index contributed by atoms with van der Waals surface area (Å²) in [6.07, 6.45) is 3.00. The summed E-state index contributed by atoms with van der Waals surface area (Å²) in [6, 6.07) is 15.5. The van der Waals surface area contributed by atoms with Gasteiger partial charge in [0.2, 0.25) is 0 Å². The van der Waals surface area contributed by atoms with E-state index in [0.717, 1.165) is 23.1 Å². The van der Waals surface area contributed by atoms with Crippen LogP contribution in [0, 0.1) is 0 Å². The Bertz CT molecular complexity index is 858. The van der Waals surface area contributed by atoms with Gasteiger partial charge in [0.25, 0.3) is 0 Å². The van der Waals surface area contributed by atoms with E-state index in [0.29, 0.717) is 24.5 Å². The second-order valence-corrected chi connectivity index (χ2v) is 7.56. The van der Waals surface area contributed by atoms with Gasteiger partial charge in [-0.15, -0.1) is 0 Å². The van der Waals surface area contributed by atoms with Crippen LogP contribution in [0.2, 0.25) is 0 Å². The minimum Gasteiger partial charge on any atom is -0.397 e. The first-order chi connectivity index (χ1) is 12.4. The highest BCUT2D eigenvalue weighted by Crippen LogP contribution is 2.30. The van der Waals surface area contributed by atoms with Crippen molar-refractivity contribution in [2.45, 2.75) is 27.2 Å². The first kappa shape index (κ1) is 20.0. The van der Waals surface area contributed by atoms with E-state index >= 15 is 0 Å². The van der Waals surface area contributed by atoms with Crippen LogP contribution in [0.1, 0.15) is 38.3 Å². The van der Waals surface area contributed by atoms with Crippen LogP contribution in [-0.2, 0) is 10.2 Å². The predicted molar refractivity (Wildman–Crippen MR) is 110 cm³/mol. The molecule has 0 fully saturated rings. The summed E-state index contributed by atoms with van der Waals surface area (Å²) in [7, 11) is -3.63. The van der Waals surface area contributed by atoms with Crippen molar-refractivity contribution in [3.05, 3.63) is 65.7 Å². The number of nitrogen functional groups attached to an aromatic ring is 1. The van der Waals surface area contributed by atoms with Gasteiger partial charge in [0.15, 0.2) is 0 Å². The summed E-state index contributed by atoms with van der Waals surface area (Å²) in [5.41, 5.74) is 9.87. The summed E-state index contributed by atoms with van der Waals surface area (Å²) < 4.78 is 29.1. The maximum Gasteiger partial charge on any atom is 0.301 e. The molecule has 3 N–H and O–H groups in total. The molecule has 0 atom stereocenters. The van der Waals surface area contributed by atoms with Gasteiger partial charge in [0.1, 0.15) is 0 Å². The number of nitrogens with one attached hydrogen (secondary N) is 1. The molecule has 26 heavy (non-hydrogen) atoms. The average Bonchev–Trinajstić information content (AvgIpc) is 2.63. The molecule has 0 spiro atoms. The van der Waals surface area contributed by atoms with Gasteiger partial charge in [-0.2, -0.15) is 12.7 Å². The topological polar surface area (TPSA) is 75.4 Å². The molecule has 0 unspecified atom stereocenters. The molecule has 2 rings (SSSR count). The number of nitrogens with zero attached hydrogens (tertiary/aromatic N) is 1. The molecule has 5 nitrogen and oxygen atoms in total. The summed E-state index contributed by atoms with van der Waals surface area (Å²) in [4.78, 5) is 0. The molecule has 6 heteroatoms. The zero-order valence-electron chi connectivity index (χ0n) is 15.6. The molecule has 0 aromatic heterocycles. The Kier molecular flexibility index (Phi) is 6.83. The molecule has 0 bridgehead atoms. The van der Waals surface area contributed by atoms with Gasteiger partial charge in [-0.25, -0.2) is 0 Å². The second kappa shape index (κ2) is 8.87. The Morgan fingerprint density at radius 1 is 1.04 bits per heavy atom. The van der Waals surface area contributed by atoms with Crippen LogP contribution < -0.4 is 10.5 Å². The lowest BCUT2D eigenvalue weighted by atomic mass is 9.96. The van der Waals surface area contributed by atoms with Crippen molar-refractivity contribution in [3.8, 4) is 0 Å². The fourth-order valence-corrected chi connectivity index (χ4v) is 4.07. The summed E-state index contributed by atoms with van der Waals surface area (Å²) >= 11 is 0. The van der Waals surface area contributed by atoms with Gasteiger partial charge in [-0.3, -0.25) is 4.72 Å². The van der Waals surface area contributed by atoms with Crippen LogP contribution in [0.3, 0.4) is 0 Å². The lowest BCUT2D eigenvalue weighted by Crippen LogP contribution is -2.35. The molecule has 2 aromatic carbocycles. The molecule has 2 aromatic rings. The van der Waals surface area contributed by atoms with Crippen LogP contribution in [0.25, 0.3) is 5.57 Å². The molecule has 140 valence electrons. The van der Waals surface area contributed by atoms with Crippen molar-refractivity contribution in [3.63, 3.8) is 0 Å². The Labute approximate surface area is 156 Å². The zero-order chi connectivity index (χ0) is 19.2. The minimum atomic E-state index is -3.63. The third-order valence-corrected chi connectivity index (χ3v) is 5.82. The largest absolute Gasteiger partial charge is 0.397 e. The quantitative estimate of drug-likeness (QED) is 0.684. The van der Waals surface area contributed by atoms with Gasteiger partial charge in [-0.05, 0) is 35.3 Å². The number of hydrogen-bond acceptors (Lipinski definition) is 3. The number of rotatable bonds is 8. The van der Waals surface area contributed by atoms with Crippen molar-refractivity contribution >= 4 is 27.2 Å². The van der Waals surface area contributed by atoms with Crippen molar-refractivity contribution in [1.29, 1.82) is 0 Å². The van der Waals surface area contributed by atoms with Crippen LogP contribution >= 0.6 is 0 Å². The number of nitrogens with two attached hydrogens (primary N) is 1.